The minimum atomic E-state index is -1.11. The van der Waals surface area contributed by atoms with Crippen LogP contribution in [-0.2, 0) is 14.6 Å². The van der Waals surface area contributed by atoms with E-state index in [9.17, 15) is 9.00 Å². The SMILES string of the molecule is O=C1NNC2=C3CCCCC3=[S-](=O)c3cccc1c32. The number of carbonyl (C=O) groups excluding carboxylic acids is 1. The topological polar surface area (TPSA) is 58.2 Å². The molecule has 0 radical (unpaired) electrons. The summed E-state index contributed by atoms with van der Waals surface area (Å²) in [4.78, 5) is 13.7. The summed E-state index contributed by atoms with van der Waals surface area (Å²) in [5.74, 6) is -0.155. The monoisotopic (exact) mass is 273 g/mol. The van der Waals surface area contributed by atoms with Gasteiger partial charge < -0.3 is 4.21 Å². The zero-order valence-corrected chi connectivity index (χ0v) is 11.1. The lowest BCUT2D eigenvalue weighted by Crippen LogP contribution is -2.43. The molecule has 1 aromatic rings. The van der Waals surface area contributed by atoms with E-state index in [1.807, 2.05) is 12.1 Å². The Morgan fingerprint density at radius 1 is 1.11 bits per heavy atom. The highest BCUT2D eigenvalue weighted by molar-refractivity contribution is 7.85. The number of hydrazine groups is 1. The van der Waals surface area contributed by atoms with Crippen molar-refractivity contribution in [1.29, 1.82) is 0 Å². The average molecular weight is 273 g/mol. The smallest absolute Gasteiger partial charge is 0.270 e. The Labute approximate surface area is 112 Å². The van der Waals surface area contributed by atoms with Gasteiger partial charge in [-0.15, -0.1) is 9.76 Å². The normalized spacial score (nSPS) is 21.5. The molecule has 0 atom stereocenters. The van der Waals surface area contributed by atoms with Gasteiger partial charge in [0.15, 0.2) is 0 Å². The Balaban J connectivity index is 2.12. The highest BCUT2D eigenvalue weighted by atomic mass is 32.2. The number of rotatable bonds is 0. The zero-order valence-electron chi connectivity index (χ0n) is 10.3. The van der Waals surface area contributed by atoms with Crippen molar-refractivity contribution in [1.82, 2.24) is 10.9 Å². The van der Waals surface area contributed by atoms with Crippen LogP contribution in [0.1, 0.15) is 41.6 Å². The fourth-order valence-corrected chi connectivity index (χ4v) is 4.71. The van der Waals surface area contributed by atoms with E-state index in [2.05, 4.69) is 10.9 Å². The van der Waals surface area contributed by atoms with Crippen molar-refractivity contribution in [2.45, 2.75) is 30.6 Å². The highest BCUT2D eigenvalue weighted by Crippen LogP contribution is 2.37. The second kappa shape index (κ2) is 3.87. The highest BCUT2D eigenvalue weighted by Gasteiger charge is 2.27. The van der Waals surface area contributed by atoms with Gasteiger partial charge in [0.1, 0.15) is 0 Å². The first-order valence-corrected chi connectivity index (χ1v) is 7.63. The Bertz CT molecular complexity index is 727. The van der Waals surface area contributed by atoms with Gasteiger partial charge in [0.25, 0.3) is 5.91 Å². The summed E-state index contributed by atoms with van der Waals surface area (Å²) < 4.78 is 12.7. The predicted molar refractivity (Wildman–Crippen MR) is 73.8 cm³/mol. The Kier molecular flexibility index (Phi) is 2.26. The van der Waals surface area contributed by atoms with E-state index in [0.717, 1.165) is 52.3 Å². The van der Waals surface area contributed by atoms with Crippen molar-refractivity contribution >= 4 is 26.9 Å². The van der Waals surface area contributed by atoms with Crippen LogP contribution >= 0.6 is 0 Å². The third kappa shape index (κ3) is 1.42. The summed E-state index contributed by atoms with van der Waals surface area (Å²) in [6.07, 6.45) is 4.05. The van der Waals surface area contributed by atoms with Crippen LogP contribution in [0.4, 0.5) is 0 Å². The third-order valence-corrected chi connectivity index (χ3v) is 5.60. The molecule has 0 aromatic heterocycles. The fraction of sp³-hybridized carbons (Fsp3) is 0.286. The van der Waals surface area contributed by atoms with E-state index in [0.29, 0.717) is 5.56 Å². The lowest BCUT2D eigenvalue weighted by atomic mass is 9.89. The minimum Gasteiger partial charge on any atom is -0.457 e. The molecule has 2 N–H and O–H groups in total. The van der Waals surface area contributed by atoms with Gasteiger partial charge in [-0.1, -0.05) is 18.6 Å². The maximum absolute atomic E-state index is 12.7. The summed E-state index contributed by atoms with van der Waals surface area (Å²) in [6.45, 7) is 0. The Morgan fingerprint density at radius 3 is 2.84 bits per heavy atom. The first-order valence-electron chi connectivity index (χ1n) is 6.48. The number of amides is 1. The molecule has 3 aliphatic rings. The molecular weight excluding hydrogens is 260 g/mol. The molecule has 1 amide bonds. The first kappa shape index (κ1) is 11.1. The molecule has 4 nitrogen and oxygen atoms in total. The molecule has 0 bridgehead atoms. The second-order valence-corrected chi connectivity index (χ2v) is 6.48. The molecule has 2 aliphatic heterocycles. The number of hydrogen-bond donors (Lipinski definition) is 2. The molecule has 4 rings (SSSR count). The van der Waals surface area contributed by atoms with Crippen LogP contribution in [0.5, 0.6) is 0 Å². The largest absolute Gasteiger partial charge is 0.457 e. The summed E-state index contributed by atoms with van der Waals surface area (Å²) in [7, 11) is -1.11. The van der Waals surface area contributed by atoms with Crippen LogP contribution in [0.2, 0.25) is 0 Å². The molecule has 5 heteroatoms. The molecule has 0 spiro atoms. The van der Waals surface area contributed by atoms with Crippen molar-refractivity contribution in [3.63, 3.8) is 0 Å². The summed E-state index contributed by atoms with van der Waals surface area (Å²) >= 11 is 0. The van der Waals surface area contributed by atoms with E-state index < -0.39 is 10.4 Å². The molecule has 98 valence electrons. The van der Waals surface area contributed by atoms with Crippen molar-refractivity contribution in [2.75, 3.05) is 0 Å². The predicted octanol–water partition coefficient (Wildman–Crippen LogP) is 1.73. The lowest BCUT2D eigenvalue weighted by Gasteiger charge is -2.37. The van der Waals surface area contributed by atoms with E-state index in [1.54, 1.807) is 6.07 Å². The molecule has 1 aromatic carbocycles. The summed E-state index contributed by atoms with van der Waals surface area (Å²) in [5, 5.41) is 0. The molecular formula is C14H13N2O2S-. The Hall–Kier alpha value is -1.75. The molecule has 1 saturated carbocycles. The Morgan fingerprint density at radius 2 is 1.95 bits per heavy atom. The number of nitrogens with one attached hydrogen (secondary N) is 2. The zero-order chi connectivity index (χ0) is 13.0. The van der Waals surface area contributed by atoms with Crippen LogP contribution in [-0.4, -0.2) is 10.8 Å². The third-order valence-electron chi connectivity index (χ3n) is 3.96. The van der Waals surface area contributed by atoms with Gasteiger partial charge in [-0.25, -0.2) is 10.4 Å². The van der Waals surface area contributed by atoms with Crippen LogP contribution in [0.3, 0.4) is 0 Å². The first-order chi connectivity index (χ1) is 9.27. The molecule has 0 saturated heterocycles. The molecule has 2 heterocycles. The van der Waals surface area contributed by atoms with E-state index >= 15 is 0 Å². The van der Waals surface area contributed by atoms with Gasteiger partial charge in [-0.2, -0.15) is 0 Å². The number of hydrogen-bond acceptors (Lipinski definition) is 4. The standard InChI is InChI=1S/C14H13N2O2S/c17-14-9-5-3-7-11-12(9)13(15-16-14)8-4-1-2-6-10(8)19(11)18/h3,5,7,15H,1-2,4,6H2,(H,16,17)/q-1. The number of benzene rings is 1. The van der Waals surface area contributed by atoms with Crippen LogP contribution in [0.25, 0.3) is 5.70 Å². The van der Waals surface area contributed by atoms with Gasteiger partial charge >= 0.3 is 0 Å². The van der Waals surface area contributed by atoms with Crippen molar-refractivity contribution in [3.05, 3.63) is 34.9 Å². The van der Waals surface area contributed by atoms with E-state index in [-0.39, 0.29) is 5.91 Å². The van der Waals surface area contributed by atoms with Gasteiger partial charge in [0, 0.05) is 5.56 Å². The van der Waals surface area contributed by atoms with Crippen LogP contribution in [0, 0.1) is 0 Å². The summed E-state index contributed by atoms with van der Waals surface area (Å²) in [6, 6.07) is 5.47. The fourth-order valence-electron chi connectivity index (χ4n) is 3.09. The van der Waals surface area contributed by atoms with Crippen molar-refractivity contribution < 1.29 is 9.00 Å². The van der Waals surface area contributed by atoms with Gasteiger partial charge in [-0.05, 0) is 36.5 Å². The van der Waals surface area contributed by atoms with Gasteiger partial charge in [0.2, 0.25) is 0 Å². The minimum absolute atomic E-state index is 0.155. The molecule has 19 heavy (non-hydrogen) atoms. The van der Waals surface area contributed by atoms with Crippen LogP contribution < -0.4 is 10.9 Å². The molecule has 1 aliphatic carbocycles. The van der Waals surface area contributed by atoms with E-state index in [4.69, 9.17) is 0 Å². The van der Waals surface area contributed by atoms with Crippen LogP contribution in [0.15, 0.2) is 28.7 Å². The van der Waals surface area contributed by atoms with Crippen molar-refractivity contribution in [2.24, 2.45) is 0 Å². The van der Waals surface area contributed by atoms with Crippen molar-refractivity contribution in [3.8, 4) is 0 Å². The number of allylic oxidation sites excluding steroid dienone is 1. The lowest BCUT2D eigenvalue weighted by molar-refractivity contribution is 0.0936. The number of fused-ring (bicyclic) bond motifs is 1. The second-order valence-electron chi connectivity index (χ2n) is 5.01. The number of carbonyl (C=O) groups is 1. The maximum atomic E-state index is 12.7. The maximum Gasteiger partial charge on any atom is 0.270 e. The van der Waals surface area contributed by atoms with E-state index in [1.165, 1.54) is 0 Å². The quantitative estimate of drug-likeness (QED) is 0.559. The average Bonchev–Trinajstić information content (AvgIpc) is 2.46. The summed E-state index contributed by atoms with van der Waals surface area (Å²) in [5.41, 5.74) is 9.26. The van der Waals surface area contributed by atoms with Gasteiger partial charge in [-0.3, -0.25) is 15.6 Å². The molecule has 1 fully saturated rings. The molecule has 0 unspecified atom stereocenters. The van der Waals surface area contributed by atoms with Gasteiger partial charge in [0.05, 0.1) is 5.70 Å².